The summed E-state index contributed by atoms with van der Waals surface area (Å²) in [6.07, 6.45) is -3.39. The van der Waals surface area contributed by atoms with E-state index in [1.807, 2.05) is 0 Å². The molecule has 108 valence electrons. The predicted octanol–water partition coefficient (Wildman–Crippen LogP) is 1.32. The van der Waals surface area contributed by atoms with Crippen molar-refractivity contribution in [3.63, 3.8) is 0 Å². The van der Waals surface area contributed by atoms with Crippen LogP contribution in [0, 0.1) is 5.92 Å². The SMILES string of the molecule is CC(C)CCNC(=O)CNCCOCC(F)(F)F. The molecule has 0 rings (SSSR count). The van der Waals surface area contributed by atoms with Gasteiger partial charge in [0.15, 0.2) is 0 Å². The number of hydrogen-bond donors (Lipinski definition) is 2. The molecule has 7 heteroatoms. The Hall–Kier alpha value is -0.820. The first-order chi connectivity index (χ1) is 8.31. The summed E-state index contributed by atoms with van der Waals surface area (Å²) >= 11 is 0. The van der Waals surface area contributed by atoms with Gasteiger partial charge in [-0.15, -0.1) is 0 Å². The average molecular weight is 270 g/mol. The van der Waals surface area contributed by atoms with Crippen molar-refractivity contribution in [2.45, 2.75) is 26.4 Å². The van der Waals surface area contributed by atoms with Crippen molar-refractivity contribution < 1.29 is 22.7 Å². The molecule has 0 aliphatic heterocycles. The molecule has 0 saturated carbocycles. The Morgan fingerprint density at radius 3 is 2.50 bits per heavy atom. The summed E-state index contributed by atoms with van der Waals surface area (Å²) < 4.78 is 39.4. The fourth-order valence-corrected chi connectivity index (χ4v) is 1.10. The molecule has 1 amide bonds. The van der Waals surface area contributed by atoms with E-state index in [0.29, 0.717) is 12.5 Å². The van der Waals surface area contributed by atoms with Crippen LogP contribution in [0.2, 0.25) is 0 Å². The number of amides is 1. The quantitative estimate of drug-likeness (QED) is 0.621. The van der Waals surface area contributed by atoms with Crippen LogP contribution in [0.15, 0.2) is 0 Å². The minimum absolute atomic E-state index is 0.0707. The molecule has 2 N–H and O–H groups in total. The van der Waals surface area contributed by atoms with Crippen LogP contribution in [0.5, 0.6) is 0 Å². The van der Waals surface area contributed by atoms with Gasteiger partial charge in [-0.2, -0.15) is 13.2 Å². The summed E-state index contributed by atoms with van der Waals surface area (Å²) in [4.78, 5) is 11.2. The maximum Gasteiger partial charge on any atom is 0.411 e. The Balaban J connectivity index is 3.30. The van der Waals surface area contributed by atoms with E-state index in [2.05, 4.69) is 29.2 Å². The Morgan fingerprint density at radius 2 is 1.94 bits per heavy atom. The van der Waals surface area contributed by atoms with E-state index in [0.717, 1.165) is 6.42 Å². The molecule has 0 fully saturated rings. The summed E-state index contributed by atoms with van der Waals surface area (Å²) in [5, 5.41) is 5.41. The second-order valence-corrected chi connectivity index (χ2v) is 4.38. The van der Waals surface area contributed by atoms with Crippen LogP contribution in [-0.2, 0) is 9.53 Å². The molecule has 0 saturated heterocycles. The third-order valence-corrected chi connectivity index (χ3v) is 2.02. The van der Waals surface area contributed by atoms with Gasteiger partial charge in [0.2, 0.25) is 5.91 Å². The summed E-state index contributed by atoms with van der Waals surface area (Å²) in [5.74, 6) is 0.362. The molecule has 4 nitrogen and oxygen atoms in total. The van der Waals surface area contributed by atoms with Gasteiger partial charge in [0, 0.05) is 13.1 Å². The first kappa shape index (κ1) is 17.2. The molecule has 0 aromatic carbocycles. The zero-order chi connectivity index (χ0) is 14.0. The summed E-state index contributed by atoms with van der Waals surface area (Å²) in [6, 6.07) is 0. The topological polar surface area (TPSA) is 50.4 Å². The first-order valence-electron chi connectivity index (χ1n) is 5.93. The van der Waals surface area contributed by atoms with E-state index in [-0.39, 0.29) is 25.6 Å². The zero-order valence-electron chi connectivity index (χ0n) is 10.8. The molecule has 0 atom stereocenters. The standard InChI is InChI=1S/C11H21F3N2O2/c1-9(2)3-4-16-10(17)7-15-5-6-18-8-11(12,13)14/h9,15H,3-8H2,1-2H3,(H,16,17). The van der Waals surface area contributed by atoms with Crippen molar-refractivity contribution in [3.05, 3.63) is 0 Å². The number of halogens is 3. The van der Waals surface area contributed by atoms with E-state index < -0.39 is 12.8 Å². The lowest BCUT2D eigenvalue weighted by atomic mass is 10.1. The van der Waals surface area contributed by atoms with Crippen molar-refractivity contribution in [2.75, 3.05) is 32.8 Å². The van der Waals surface area contributed by atoms with Crippen LogP contribution < -0.4 is 10.6 Å². The zero-order valence-corrected chi connectivity index (χ0v) is 10.8. The number of carbonyl (C=O) groups excluding carboxylic acids is 1. The maximum absolute atomic E-state index is 11.7. The van der Waals surface area contributed by atoms with E-state index in [1.165, 1.54) is 0 Å². The third-order valence-electron chi connectivity index (χ3n) is 2.02. The van der Waals surface area contributed by atoms with Gasteiger partial charge in [0.25, 0.3) is 0 Å². The van der Waals surface area contributed by atoms with Gasteiger partial charge in [-0.25, -0.2) is 0 Å². The molecule has 18 heavy (non-hydrogen) atoms. The Morgan fingerprint density at radius 1 is 1.28 bits per heavy atom. The predicted molar refractivity (Wildman–Crippen MR) is 62.2 cm³/mol. The van der Waals surface area contributed by atoms with Crippen LogP contribution in [0.1, 0.15) is 20.3 Å². The van der Waals surface area contributed by atoms with Gasteiger partial charge in [-0.3, -0.25) is 4.79 Å². The Bertz CT molecular complexity index is 233. The lowest BCUT2D eigenvalue weighted by Gasteiger charge is -2.09. The highest BCUT2D eigenvalue weighted by Gasteiger charge is 2.27. The van der Waals surface area contributed by atoms with Crippen molar-refractivity contribution in [3.8, 4) is 0 Å². The first-order valence-corrected chi connectivity index (χ1v) is 5.93. The largest absolute Gasteiger partial charge is 0.411 e. The number of rotatable bonds is 9. The molecule has 0 aliphatic rings. The van der Waals surface area contributed by atoms with Crippen molar-refractivity contribution in [1.29, 1.82) is 0 Å². The number of ether oxygens (including phenoxy) is 1. The van der Waals surface area contributed by atoms with Gasteiger partial charge < -0.3 is 15.4 Å². The molecule has 0 aromatic heterocycles. The van der Waals surface area contributed by atoms with Gasteiger partial charge in [0.1, 0.15) is 6.61 Å². The molecular formula is C11H21F3N2O2. The lowest BCUT2D eigenvalue weighted by molar-refractivity contribution is -0.173. The summed E-state index contributed by atoms with van der Waals surface area (Å²) in [7, 11) is 0. The van der Waals surface area contributed by atoms with Crippen LogP contribution >= 0.6 is 0 Å². The summed E-state index contributed by atoms with van der Waals surface area (Å²) in [5.41, 5.74) is 0. The number of nitrogens with one attached hydrogen (secondary N) is 2. The number of alkyl halides is 3. The van der Waals surface area contributed by atoms with Crippen LogP contribution in [0.3, 0.4) is 0 Å². The highest BCUT2D eigenvalue weighted by Crippen LogP contribution is 2.13. The van der Waals surface area contributed by atoms with Crippen LogP contribution in [0.25, 0.3) is 0 Å². The van der Waals surface area contributed by atoms with Gasteiger partial charge in [0.05, 0.1) is 13.2 Å². The molecule has 0 unspecified atom stereocenters. The fraction of sp³-hybridized carbons (Fsp3) is 0.909. The van der Waals surface area contributed by atoms with E-state index in [9.17, 15) is 18.0 Å². The average Bonchev–Trinajstić information content (AvgIpc) is 2.21. The fourth-order valence-electron chi connectivity index (χ4n) is 1.10. The van der Waals surface area contributed by atoms with Crippen LogP contribution in [-0.4, -0.2) is 44.9 Å². The van der Waals surface area contributed by atoms with Gasteiger partial charge >= 0.3 is 6.18 Å². The highest BCUT2D eigenvalue weighted by molar-refractivity contribution is 5.77. The Kier molecular flexibility index (Phi) is 8.74. The van der Waals surface area contributed by atoms with Crippen molar-refractivity contribution in [1.82, 2.24) is 10.6 Å². The molecule has 0 spiro atoms. The smallest absolute Gasteiger partial charge is 0.371 e. The number of hydrogen-bond acceptors (Lipinski definition) is 3. The van der Waals surface area contributed by atoms with E-state index in [4.69, 9.17) is 0 Å². The third kappa shape index (κ3) is 13.2. The second-order valence-electron chi connectivity index (χ2n) is 4.38. The van der Waals surface area contributed by atoms with E-state index >= 15 is 0 Å². The van der Waals surface area contributed by atoms with Gasteiger partial charge in [-0.05, 0) is 12.3 Å². The molecular weight excluding hydrogens is 249 g/mol. The molecule has 0 radical (unpaired) electrons. The summed E-state index contributed by atoms with van der Waals surface area (Å²) in [6.45, 7) is 3.71. The molecule has 0 aromatic rings. The number of carbonyl (C=O) groups is 1. The highest BCUT2D eigenvalue weighted by atomic mass is 19.4. The van der Waals surface area contributed by atoms with Gasteiger partial charge in [-0.1, -0.05) is 13.8 Å². The molecule has 0 aliphatic carbocycles. The minimum Gasteiger partial charge on any atom is -0.371 e. The van der Waals surface area contributed by atoms with Crippen molar-refractivity contribution in [2.24, 2.45) is 5.92 Å². The second kappa shape index (κ2) is 9.16. The minimum atomic E-state index is -4.30. The normalized spacial score (nSPS) is 11.9. The molecule has 0 bridgehead atoms. The monoisotopic (exact) mass is 270 g/mol. The molecule has 0 heterocycles. The van der Waals surface area contributed by atoms with E-state index in [1.54, 1.807) is 0 Å². The maximum atomic E-state index is 11.7. The lowest BCUT2D eigenvalue weighted by Crippen LogP contribution is -2.36. The Labute approximate surface area is 105 Å². The van der Waals surface area contributed by atoms with Crippen LogP contribution in [0.4, 0.5) is 13.2 Å². The van der Waals surface area contributed by atoms with Crippen molar-refractivity contribution >= 4 is 5.91 Å².